The summed E-state index contributed by atoms with van der Waals surface area (Å²) in [5.74, 6) is 0.562. The fourth-order valence-corrected chi connectivity index (χ4v) is 5.37. The van der Waals surface area contributed by atoms with Crippen LogP contribution in [0, 0.1) is 18.3 Å². The Labute approximate surface area is 189 Å². The van der Waals surface area contributed by atoms with Gasteiger partial charge in [0.1, 0.15) is 10.7 Å². The molecule has 0 unspecified atom stereocenters. The van der Waals surface area contributed by atoms with Gasteiger partial charge in [0, 0.05) is 24.5 Å². The van der Waals surface area contributed by atoms with E-state index in [9.17, 15) is 4.79 Å². The maximum absolute atomic E-state index is 13.3. The summed E-state index contributed by atoms with van der Waals surface area (Å²) in [6.45, 7) is 4.45. The normalized spacial score (nSPS) is 14.0. The number of rotatable bonds is 4. The van der Waals surface area contributed by atoms with Gasteiger partial charge in [0.05, 0.1) is 23.2 Å². The van der Waals surface area contributed by atoms with E-state index in [0.717, 1.165) is 42.0 Å². The van der Waals surface area contributed by atoms with E-state index in [1.54, 1.807) is 36.6 Å². The molecule has 7 heteroatoms. The third-order valence-electron chi connectivity index (χ3n) is 5.70. The molecule has 32 heavy (non-hydrogen) atoms. The van der Waals surface area contributed by atoms with E-state index < -0.39 is 0 Å². The zero-order valence-corrected chi connectivity index (χ0v) is 18.5. The molecule has 0 fully saturated rings. The maximum Gasteiger partial charge on any atom is 0.283 e. The minimum absolute atomic E-state index is 0.119. The number of fused-ring (bicyclic) bond motifs is 3. The van der Waals surface area contributed by atoms with Gasteiger partial charge in [-0.3, -0.25) is 9.69 Å². The molecular formula is C25H21N5OS. The van der Waals surface area contributed by atoms with Crippen LogP contribution in [-0.4, -0.2) is 27.3 Å². The molecular weight excluding hydrogens is 418 g/mol. The van der Waals surface area contributed by atoms with E-state index in [0.29, 0.717) is 16.8 Å². The largest absolute Gasteiger partial charge is 0.294 e. The summed E-state index contributed by atoms with van der Waals surface area (Å²) in [4.78, 5) is 22.5. The molecule has 6 nitrogen and oxygen atoms in total. The Balaban J connectivity index is 1.46. The second-order valence-corrected chi connectivity index (χ2v) is 8.97. The van der Waals surface area contributed by atoms with Crippen molar-refractivity contribution in [1.29, 1.82) is 5.26 Å². The van der Waals surface area contributed by atoms with E-state index in [2.05, 4.69) is 40.3 Å². The molecule has 0 spiro atoms. The van der Waals surface area contributed by atoms with Crippen molar-refractivity contribution in [2.45, 2.75) is 26.4 Å². The van der Waals surface area contributed by atoms with Crippen molar-refractivity contribution in [2.75, 3.05) is 6.54 Å². The van der Waals surface area contributed by atoms with Crippen LogP contribution >= 0.6 is 11.3 Å². The number of nitriles is 1. The maximum atomic E-state index is 13.3. The van der Waals surface area contributed by atoms with Gasteiger partial charge in [0.2, 0.25) is 0 Å². The summed E-state index contributed by atoms with van der Waals surface area (Å²) in [7, 11) is 0. The molecule has 3 heterocycles. The lowest BCUT2D eigenvalue weighted by Crippen LogP contribution is -2.30. The molecule has 1 aliphatic rings. The lowest BCUT2D eigenvalue weighted by atomic mass is 10.0. The van der Waals surface area contributed by atoms with Gasteiger partial charge in [-0.1, -0.05) is 42.5 Å². The number of aromatic nitrogens is 2. The van der Waals surface area contributed by atoms with Crippen molar-refractivity contribution in [1.82, 2.24) is 14.6 Å². The van der Waals surface area contributed by atoms with Crippen molar-refractivity contribution in [3.63, 3.8) is 0 Å². The molecule has 0 radical (unpaired) electrons. The van der Waals surface area contributed by atoms with Crippen molar-refractivity contribution in [3.8, 4) is 6.07 Å². The third-order valence-corrected chi connectivity index (χ3v) is 6.82. The van der Waals surface area contributed by atoms with Crippen molar-refractivity contribution in [3.05, 3.63) is 97.9 Å². The molecule has 0 saturated carbocycles. The number of nitrogens with zero attached hydrogens (tertiary/aromatic N) is 5. The molecule has 0 atom stereocenters. The van der Waals surface area contributed by atoms with Crippen molar-refractivity contribution in [2.24, 2.45) is 5.10 Å². The highest BCUT2D eigenvalue weighted by Gasteiger charge is 2.24. The Morgan fingerprint density at radius 3 is 2.72 bits per heavy atom. The third kappa shape index (κ3) is 3.86. The Kier molecular flexibility index (Phi) is 5.39. The van der Waals surface area contributed by atoms with Gasteiger partial charge in [-0.15, -0.1) is 11.3 Å². The summed E-state index contributed by atoms with van der Waals surface area (Å²) in [6.07, 6.45) is 2.46. The standard InChI is InChI=1S/C25H21N5OS/c1-17-28-24-23(25(31)30(17)27-14-19-9-7-18(13-26)8-10-19)21-11-12-29(16-22(21)32-24)15-20-5-3-2-4-6-20/h2-10,14H,11-12,15-16H2,1H3/b27-14+. The van der Waals surface area contributed by atoms with Crippen LogP contribution in [0.2, 0.25) is 0 Å². The molecule has 0 aliphatic carbocycles. The first-order chi connectivity index (χ1) is 15.6. The molecule has 1 aliphatic heterocycles. The van der Waals surface area contributed by atoms with Gasteiger partial charge in [-0.05, 0) is 42.2 Å². The van der Waals surface area contributed by atoms with Gasteiger partial charge in [0.15, 0.2) is 0 Å². The molecule has 158 valence electrons. The molecule has 0 saturated heterocycles. The van der Waals surface area contributed by atoms with Crippen molar-refractivity contribution >= 4 is 27.8 Å². The summed E-state index contributed by atoms with van der Waals surface area (Å²) < 4.78 is 1.38. The van der Waals surface area contributed by atoms with Gasteiger partial charge in [0.25, 0.3) is 5.56 Å². The van der Waals surface area contributed by atoms with Gasteiger partial charge in [-0.2, -0.15) is 15.0 Å². The molecule has 0 N–H and O–H groups in total. The first-order valence-electron chi connectivity index (χ1n) is 10.5. The fraction of sp³-hybridized carbons (Fsp3) is 0.200. The van der Waals surface area contributed by atoms with Gasteiger partial charge < -0.3 is 0 Å². The number of benzene rings is 2. The van der Waals surface area contributed by atoms with E-state index in [-0.39, 0.29) is 5.56 Å². The quantitative estimate of drug-likeness (QED) is 0.449. The van der Waals surface area contributed by atoms with Crippen LogP contribution in [0.1, 0.15) is 33.0 Å². The smallest absolute Gasteiger partial charge is 0.283 e. The number of hydrogen-bond acceptors (Lipinski definition) is 6. The van der Waals surface area contributed by atoms with Crippen LogP contribution in [-0.2, 0) is 19.5 Å². The molecule has 2 aromatic carbocycles. The van der Waals surface area contributed by atoms with E-state index in [4.69, 9.17) is 10.2 Å². The molecule has 0 bridgehead atoms. The zero-order chi connectivity index (χ0) is 22.1. The Morgan fingerprint density at radius 2 is 1.97 bits per heavy atom. The topological polar surface area (TPSA) is 74.3 Å². The Hall–Kier alpha value is -3.60. The number of thiophene rings is 1. The van der Waals surface area contributed by atoms with Crippen LogP contribution < -0.4 is 5.56 Å². The second kappa shape index (κ2) is 8.50. The monoisotopic (exact) mass is 439 g/mol. The van der Waals surface area contributed by atoms with Gasteiger partial charge in [-0.25, -0.2) is 4.98 Å². The summed E-state index contributed by atoms with van der Waals surface area (Å²) in [5.41, 5.74) is 3.70. The fourth-order valence-electron chi connectivity index (χ4n) is 4.07. The van der Waals surface area contributed by atoms with Crippen molar-refractivity contribution < 1.29 is 0 Å². The molecule has 2 aromatic heterocycles. The first-order valence-corrected chi connectivity index (χ1v) is 11.3. The Bertz CT molecular complexity index is 1410. The molecule has 5 rings (SSSR count). The van der Waals surface area contributed by atoms with E-state index >= 15 is 0 Å². The van der Waals surface area contributed by atoms with Crippen LogP contribution in [0.15, 0.2) is 64.5 Å². The highest BCUT2D eigenvalue weighted by atomic mass is 32.1. The first kappa shape index (κ1) is 20.3. The van der Waals surface area contributed by atoms with Crippen LogP contribution in [0.3, 0.4) is 0 Å². The minimum Gasteiger partial charge on any atom is -0.294 e. The zero-order valence-electron chi connectivity index (χ0n) is 17.7. The number of hydrogen-bond donors (Lipinski definition) is 0. The lowest BCUT2D eigenvalue weighted by molar-refractivity contribution is 0.249. The highest BCUT2D eigenvalue weighted by molar-refractivity contribution is 7.18. The van der Waals surface area contributed by atoms with Crippen LogP contribution in [0.5, 0.6) is 0 Å². The minimum atomic E-state index is -0.119. The molecule has 0 amide bonds. The average molecular weight is 440 g/mol. The molecule has 4 aromatic rings. The number of aryl methyl sites for hydroxylation is 1. The SMILES string of the molecule is Cc1nc2sc3c(c2c(=O)n1/N=C/c1ccc(C#N)cc1)CCN(Cc1ccccc1)C3. The van der Waals surface area contributed by atoms with E-state index in [1.165, 1.54) is 15.1 Å². The predicted molar refractivity (Wildman–Crippen MR) is 127 cm³/mol. The average Bonchev–Trinajstić information content (AvgIpc) is 3.17. The summed E-state index contributed by atoms with van der Waals surface area (Å²) in [5, 5.41) is 14.0. The van der Waals surface area contributed by atoms with E-state index in [1.807, 2.05) is 18.2 Å². The predicted octanol–water partition coefficient (Wildman–Crippen LogP) is 4.08. The highest BCUT2D eigenvalue weighted by Crippen LogP contribution is 2.33. The summed E-state index contributed by atoms with van der Waals surface area (Å²) >= 11 is 1.62. The second-order valence-electron chi connectivity index (χ2n) is 7.88. The van der Waals surface area contributed by atoms with Crippen LogP contribution in [0.25, 0.3) is 10.2 Å². The lowest BCUT2D eigenvalue weighted by Gasteiger charge is -2.26. The Morgan fingerprint density at radius 1 is 1.19 bits per heavy atom. The summed E-state index contributed by atoms with van der Waals surface area (Å²) in [6, 6.07) is 19.6. The van der Waals surface area contributed by atoms with Crippen LogP contribution in [0.4, 0.5) is 0 Å². The van der Waals surface area contributed by atoms with Gasteiger partial charge >= 0.3 is 0 Å².